The van der Waals surface area contributed by atoms with E-state index in [0.29, 0.717) is 0 Å². The average molecular weight is 175 g/mol. The number of nitro groups is 1. The van der Waals surface area contributed by atoms with Gasteiger partial charge in [0.05, 0.1) is 0 Å². The Morgan fingerprint density at radius 3 is 2.82 bits per heavy atom. The molecule has 0 aromatic carbocycles. The Kier molecular flexibility index (Phi) is 2.00. The second-order valence-corrected chi connectivity index (χ2v) is 2.25. The highest BCUT2D eigenvalue weighted by Gasteiger charge is 2.26. The van der Waals surface area contributed by atoms with E-state index in [0.717, 1.165) is 12.2 Å². The van der Waals surface area contributed by atoms with Crippen LogP contribution in [0.5, 0.6) is 0 Å². The van der Waals surface area contributed by atoms with Crippen LogP contribution < -0.4 is 0 Å². The summed E-state index contributed by atoms with van der Waals surface area (Å²) in [5.41, 5.74) is 0. The third-order valence-electron chi connectivity index (χ3n) is 1.11. The third kappa shape index (κ3) is 1.62. The number of carbonyl (C=O) groups is 1. The Morgan fingerprint density at radius 2 is 2.36 bits per heavy atom. The Balaban J connectivity index is 2.88. The number of dihydropyridines is 1. The smallest absolute Gasteiger partial charge is 0.267 e. The molecule has 1 unspecified atom stereocenters. The van der Waals surface area contributed by atoms with E-state index >= 15 is 0 Å². The first-order chi connectivity index (χ1) is 5.11. The molecule has 0 bridgehead atoms. The van der Waals surface area contributed by atoms with Crippen LogP contribution in [0, 0.1) is 10.1 Å². The van der Waals surface area contributed by atoms with Crippen LogP contribution in [0.4, 0.5) is 0 Å². The molecule has 1 aliphatic heterocycles. The lowest BCUT2D eigenvalue weighted by Crippen LogP contribution is -2.26. The van der Waals surface area contributed by atoms with E-state index in [9.17, 15) is 14.9 Å². The predicted molar refractivity (Wildman–Crippen MR) is 38.2 cm³/mol. The zero-order chi connectivity index (χ0) is 8.43. The van der Waals surface area contributed by atoms with Crippen molar-refractivity contribution in [3.63, 3.8) is 0 Å². The zero-order valence-electron chi connectivity index (χ0n) is 5.23. The van der Waals surface area contributed by atoms with Crippen LogP contribution in [0.3, 0.4) is 0 Å². The fraction of sp³-hybridized carbons (Fsp3) is 0.200. The Bertz CT molecular complexity index is 271. The van der Waals surface area contributed by atoms with Crippen molar-refractivity contribution >= 4 is 22.7 Å². The molecule has 0 radical (unpaired) electrons. The minimum atomic E-state index is -1.16. The molecule has 0 fully saturated rings. The number of rotatable bonds is 1. The van der Waals surface area contributed by atoms with Crippen molar-refractivity contribution in [1.82, 2.24) is 0 Å². The van der Waals surface area contributed by atoms with E-state index in [1.807, 2.05) is 0 Å². The molecule has 58 valence electrons. The molecule has 5 nitrogen and oxygen atoms in total. The normalized spacial score (nSPS) is 23.2. The van der Waals surface area contributed by atoms with Gasteiger partial charge in [-0.25, -0.2) is 0 Å². The largest absolute Gasteiger partial charge is 0.284 e. The monoisotopic (exact) mass is 174 g/mol. The number of aliphatic imine (C=N–C) groups is 1. The summed E-state index contributed by atoms with van der Waals surface area (Å²) in [5, 5.41) is 9.86. The highest BCUT2D eigenvalue weighted by Crippen LogP contribution is 2.06. The lowest BCUT2D eigenvalue weighted by molar-refractivity contribution is -0.489. The van der Waals surface area contributed by atoms with Gasteiger partial charge in [0.2, 0.25) is 0 Å². The number of halogens is 1. The number of amides is 1. The van der Waals surface area contributed by atoms with Gasteiger partial charge >= 0.3 is 0 Å². The topological polar surface area (TPSA) is 72.6 Å². The van der Waals surface area contributed by atoms with Gasteiger partial charge in [-0.2, -0.15) is 4.99 Å². The first kappa shape index (κ1) is 7.87. The van der Waals surface area contributed by atoms with Gasteiger partial charge in [-0.05, 0) is 0 Å². The van der Waals surface area contributed by atoms with Crippen LogP contribution in [-0.4, -0.2) is 22.0 Å². The lowest BCUT2D eigenvalue weighted by Gasteiger charge is -2.03. The maximum atomic E-state index is 10.5. The van der Waals surface area contributed by atoms with Gasteiger partial charge in [-0.3, -0.25) is 14.9 Å². The van der Waals surface area contributed by atoms with E-state index in [-0.39, 0.29) is 5.17 Å². The van der Waals surface area contributed by atoms with Crippen LogP contribution in [0.2, 0.25) is 0 Å². The molecular formula is C5H3ClN2O3. The summed E-state index contributed by atoms with van der Waals surface area (Å²) in [6.45, 7) is 0. The van der Waals surface area contributed by atoms with Crippen molar-refractivity contribution in [2.75, 3.05) is 0 Å². The third-order valence-corrected chi connectivity index (χ3v) is 1.42. The van der Waals surface area contributed by atoms with Crippen molar-refractivity contribution in [2.24, 2.45) is 4.99 Å². The van der Waals surface area contributed by atoms with Crippen LogP contribution >= 0.6 is 11.6 Å². The van der Waals surface area contributed by atoms with Gasteiger partial charge in [0.25, 0.3) is 11.9 Å². The van der Waals surface area contributed by atoms with Crippen LogP contribution in [0.15, 0.2) is 17.1 Å². The maximum absolute atomic E-state index is 10.5. The number of hydrogen-bond donors (Lipinski definition) is 0. The minimum absolute atomic E-state index is 0.289. The van der Waals surface area contributed by atoms with Gasteiger partial charge in [-0.1, -0.05) is 11.6 Å². The molecule has 1 atom stereocenters. The molecule has 0 aromatic heterocycles. The van der Waals surface area contributed by atoms with Crippen molar-refractivity contribution in [3.8, 4) is 0 Å². The van der Waals surface area contributed by atoms with Crippen molar-refractivity contribution < 1.29 is 9.72 Å². The van der Waals surface area contributed by atoms with Crippen LogP contribution in [0.1, 0.15) is 0 Å². The lowest BCUT2D eigenvalue weighted by atomic mass is 10.2. The molecule has 0 saturated heterocycles. The Labute approximate surface area is 66.5 Å². The van der Waals surface area contributed by atoms with E-state index in [1.165, 1.54) is 0 Å². The minimum Gasteiger partial charge on any atom is -0.267 e. The van der Waals surface area contributed by atoms with E-state index in [2.05, 4.69) is 4.99 Å². The molecule has 11 heavy (non-hydrogen) atoms. The molecule has 1 aliphatic rings. The molecule has 1 rings (SSSR count). The summed E-state index contributed by atoms with van der Waals surface area (Å²) in [6, 6.07) is -1.16. The average Bonchev–Trinajstić information content (AvgIpc) is 1.85. The first-order valence-corrected chi connectivity index (χ1v) is 3.09. The highest BCUT2D eigenvalue weighted by molar-refractivity contribution is 6.67. The second-order valence-electron chi connectivity index (χ2n) is 1.86. The van der Waals surface area contributed by atoms with Gasteiger partial charge in [0.15, 0.2) is 5.17 Å². The quantitative estimate of drug-likeness (QED) is 0.426. The summed E-state index contributed by atoms with van der Waals surface area (Å²) in [5.74, 6) is -0.562. The zero-order valence-corrected chi connectivity index (χ0v) is 5.99. The van der Waals surface area contributed by atoms with Crippen molar-refractivity contribution in [2.45, 2.75) is 6.04 Å². The van der Waals surface area contributed by atoms with Gasteiger partial charge in [0, 0.05) is 17.1 Å². The standard InChI is InChI=1S/C5H3ClN2O3/c6-5-3(8(10)11)1-2-4(9)7-5/h1-3H. The fourth-order valence-corrected chi connectivity index (χ4v) is 0.855. The molecule has 0 saturated carbocycles. The fourth-order valence-electron chi connectivity index (χ4n) is 0.619. The highest BCUT2D eigenvalue weighted by atomic mass is 35.5. The molecule has 6 heteroatoms. The van der Waals surface area contributed by atoms with Gasteiger partial charge in [0.1, 0.15) is 0 Å². The predicted octanol–water partition coefficient (Wildman–Crippen LogP) is 0.365. The summed E-state index contributed by atoms with van der Waals surface area (Å²) < 4.78 is 0. The molecular weight excluding hydrogens is 172 g/mol. The van der Waals surface area contributed by atoms with Gasteiger partial charge in [-0.15, -0.1) is 0 Å². The molecule has 0 N–H and O–H groups in total. The van der Waals surface area contributed by atoms with E-state index in [1.54, 1.807) is 0 Å². The Morgan fingerprint density at radius 1 is 1.73 bits per heavy atom. The first-order valence-electron chi connectivity index (χ1n) is 2.71. The number of nitrogens with zero attached hydrogens (tertiary/aromatic N) is 2. The SMILES string of the molecule is O=C1C=CC([N+](=O)[O-])C(Cl)=N1. The molecule has 0 aromatic rings. The van der Waals surface area contributed by atoms with E-state index < -0.39 is 16.9 Å². The number of carbonyl (C=O) groups excluding carboxylic acids is 1. The van der Waals surface area contributed by atoms with Crippen LogP contribution in [-0.2, 0) is 4.79 Å². The van der Waals surface area contributed by atoms with Crippen LogP contribution in [0.25, 0.3) is 0 Å². The second kappa shape index (κ2) is 2.79. The molecule has 1 heterocycles. The Hall–Kier alpha value is -1.23. The summed E-state index contributed by atoms with van der Waals surface area (Å²) in [7, 11) is 0. The molecule has 0 aliphatic carbocycles. The van der Waals surface area contributed by atoms with Crippen molar-refractivity contribution in [3.05, 3.63) is 22.3 Å². The summed E-state index contributed by atoms with van der Waals surface area (Å²) in [4.78, 5) is 23.2. The number of hydrogen-bond acceptors (Lipinski definition) is 3. The van der Waals surface area contributed by atoms with Crippen molar-refractivity contribution in [1.29, 1.82) is 0 Å². The molecule has 1 amide bonds. The van der Waals surface area contributed by atoms with E-state index in [4.69, 9.17) is 11.6 Å². The van der Waals surface area contributed by atoms with Gasteiger partial charge < -0.3 is 0 Å². The maximum Gasteiger partial charge on any atom is 0.284 e. The summed E-state index contributed by atoms with van der Waals surface area (Å²) >= 11 is 5.31. The summed E-state index contributed by atoms with van der Waals surface area (Å²) in [6.07, 6.45) is 2.14. The molecule has 0 spiro atoms.